The van der Waals surface area contributed by atoms with E-state index in [2.05, 4.69) is 27.6 Å². The summed E-state index contributed by atoms with van der Waals surface area (Å²) in [5.74, 6) is 1.93. The first-order chi connectivity index (χ1) is 15.2. The van der Waals surface area contributed by atoms with E-state index in [9.17, 15) is 4.79 Å². The molecule has 2 heterocycles. The number of aromatic nitrogens is 2. The van der Waals surface area contributed by atoms with Gasteiger partial charge in [0.2, 0.25) is 5.89 Å². The number of rotatable bonds is 8. The van der Waals surface area contributed by atoms with Gasteiger partial charge < -0.3 is 19.5 Å². The molecular weight excluding hydrogens is 392 g/mol. The van der Waals surface area contributed by atoms with Crippen molar-refractivity contribution in [1.82, 2.24) is 20.4 Å². The van der Waals surface area contributed by atoms with Crippen LogP contribution in [0.1, 0.15) is 41.7 Å². The third-order valence-corrected chi connectivity index (χ3v) is 5.40. The largest absolute Gasteiger partial charge is 0.493 e. The van der Waals surface area contributed by atoms with Crippen molar-refractivity contribution in [3.63, 3.8) is 0 Å². The van der Waals surface area contributed by atoms with Crippen molar-refractivity contribution in [2.45, 2.75) is 38.6 Å². The fourth-order valence-electron chi connectivity index (χ4n) is 3.80. The average Bonchev–Trinajstić information content (AvgIpc) is 3.44. The molecule has 162 valence electrons. The first kappa shape index (κ1) is 20.9. The summed E-state index contributed by atoms with van der Waals surface area (Å²) in [6, 6.07) is 17.8. The lowest BCUT2D eigenvalue weighted by Crippen LogP contribution is -2.40. The first-order valence-corrected chi connectivity index (χ1v) is 10.8. The minimum atomic E-state index is -0.171. The van der Waals surface area contributed by atoms with Crippen LogP contribution in [0.5, 0.6) is 5.75 Å². The van der Waals surface area contributed by atoms with Crippen molar-refractivity contribution < 1.29 is 14.1 Å². The van der Waals surface area contributed by atoms with Crippen molar-refractivity contribution in [3.05, 3.63) is 77.4 Å². The molecule has 1 fully saturated rings. The third-order valence-electron chi connectivity index (χ3n) is 5.40. The lowest BCUT2D eigenvalue weighted by Gasteiger charge is -2.22. The molecule has 2 amide bonds. The Balaban J connectivity index is 1.27. The van der Waals surface area contributed by atoms with Gasteiger partial charge in [0.1, 0.15) is 11.8 Å². The number of urea groups is 1. The molecule has 0 aliphatic carbocycles. The van der Waals surface area contributed by atoms with Crippen LogP contribution in [0, 0.1) is 6.92 Å². The Hall–Kier alpha value is -3.35. The summed E-state index contributed by atoms with van der Waals surface area (Å²) in [6.07, 6.45) is 3.10. The fraction of sp³-hybridized carbons (Fsp3) is 0.375. The van der Waals surface area contributed by atoms with Crippen molar-refractivity contribution >= 4 is 6.03 Å². The normalized spacial score (nSPS) is 15.8. The van der Waals surface area contributed by atoms with Gasteiger partial charge in [-0.05, 0) is 49.4 Å². The Morgan fingerprint density at radius 1 is 1.19 bits per heavy atom. The van der Waals surface area contributed by atoms with Gasteiger partial charge >= 0.3 is 6.03 Å². The molecule has 1 aromatic heterocycles. The molecule has 0 bridgehead atoms. The molecule has 1 aliphatic heterocycles. The van der Waals surface area contributed by atoms with Crippen LogP contribution in [-0.2, 0) is 12.8 Å². The van der Waals surface area contributed by atoms with Crippen molar-refractivity contribution in [2.24, 2.45) is 0 Å². The van der Waals surface area contributed by atoms with E-state index >= 15 is 0 Å². The van der Waals surface area contributed by atoms with Crippen LogP contribution in [-0.4, -0.2) is 40.8 Å². The van der Waals surface area contributed by atoms with Crippen LogP contribution >= 0.6 is 0 Å². The lowest BCUT2D eigenvalue weighted by molar-refractivity contribution is 0.180. The van der Waals surface area contributed by atoms with E-state index in [4.69, 9.17) is 9.26 Å². The topological polar surface area (TPSA) is 80.5 Å². The molecule has 0 saturated carbocycles. The summed E-state index contributed by atoms with van der Waals surface area (Å²) < 4.78 is 11.3. The highest BCUT2D eigenvalue weighted by atomic mass is 16.5. The van der Waals surface area contributed by atoms with E-state index in [0.717, 1.165) is 30.6 Å². The zero-order valence-corrected chi connectivity index (χ0v) is 17.8. The molecular formula is C24H28N4O3. The molecule has 3 aromatic rings. The number of nitrogens with zero attached hydrogens (tertiary/aromatic N) is 3. The summed E-state index contributed by atoms with van der Waals surface area (Å²) in [5.41, 5.74) is 2.36. The second-order valence-electron chi connectivity index (χ2n) is 7.78. The van der Waals surface area contributed by atoms with E-state index in [1.54, 1.807) is 4.90 Å². The molecule has 7 heteroatoms. The fourth-order valence-corrected chi connectivity index (χ4v) is 3.80. The van der Waals surface area contributed by atoms with Crippen LogP contribution in [0.25, 0.3) is 0 Å². The Morgan fingerprint density at radius 3 is 2.90 bits per heavy atom. The van der Waals surface area contributed by atoms with E-state index in [0.29, 0.717) is 37.8 Å². The predicted octanol–water partition coefficient (Wildman–Crippen LogP) is 4.09. The van der Waals surface area contributed by atoms with Gasteiger partial charge in [0.25, 0.3) is 0 Å². The van der Waals surface area contributed by atoms with Crippen molar-refractivity contribution in [3.8, 4) is 5.75 Å². The van der Waals surface area contributed by atoms with Gasteiger partial charge in [-0.1, -0.05) is 47.6 Å². The number of hydrogen-bond acceptors (Lipinski definition) is 5. The minimum absolute atomic E-state index is 0.0824. The lowest BCUT2D eigenvalue weighted by atomic mass is 10.1. The maximum atomic E-state index is 12.7. The molecule has 31 heavy (non-hydrogen) atoms. The summed E-state index contributed by atoms with van der Waals surface area (Å²) in [6.45, 7) is 3.79. The van der Waals surface area contributed by atoms with Gasteiger partial charge in [-0.15, -0.1) is 0 Å². The highest BCUT2D eigenvalue weighted by Gasteiger charge is 2.33. The number of nitrogens with one attached hydrogen (secondary N) is 1. The Morgan fingerprint density at radius 2 is 2.06 bits per heavy atom. The molecule has 1 N–H and O–H groups in total. The van der Waals surface area contributed by atoms with Crippen molar-refractivity contribution in [2.75, 3.05) is 19.7 Å². The third kappa shape index (κ3) is 5.63. The Bertz CT molecular complexity index is 989. The summed E-state index contributed by atoms with van der Waals surface area (Å²) in [7, 11) is 0. The van der Waals surface area contributed by atoms with E-state index < -0.39 is 0 Å². The number of amides is 2. The first-order valence-electron chi connectivity index (χ1n) is 10.8. The molecule has 2 aromatic carbocycles. The number of hydrogen-bond donors (Lipinski definition) is 1. The SMILES string of the molecule is Cc1cccc(OCCc2noc(C3CCCN3C(=O)NCCc3ccccc3)n2)c1. The molecule has 1 unspecified atom stereocenters. The molecule has 0 spiro atoms. The number of benzene rings is 2. The average molecular weight is 421 g/mol. The number of carbonyl (C=O) groups excluding carboxylic acids is 1. The van der Waals surface area contributed by atoms with Crippen LogP contribution in [0.15, 0.2) is 59.1 Å². The van der Waals surface area contributed by atoms with E-state index in [1.807, 2.05) is 49.4 Å². The highest BCUT2D eigenvalue weighted by molar-refractivity contribution is 5.74. The van der Waals surface area contributed by atoms with Crippen LogP contribution in [0.3, 0.4) is 0 Å². The maximum Gasteiger partial charge on any atom is 0.318 e. The standard InChI is InChI=1S/C24H28N4O3/c1-18-7-5-10-20(17-18)30-16-13-22-26-23(31-27-22)21-11-6-15-28(21)24(29)25-14-12-19-8-3-2-4-9-19/h2-5,7-10,17,21H,6,11-16H2,1H3,(H,25,29). The zero-order valence-electron chi connectivity index (χ0n) is 17.8. The monoisotopic (exact) mass is 420 g/mol. The number of ether oxygens (including phenoxy) is 1. The van der Waals surface area contributed by atoms with Gasteiger partial charge in [-0.25, -0.2) is 4.79 Å². The van der Waals surface area contributed by atoms with Gasteiger partial charge in [-0.2, -0.15) is 4.98 Å². The van der Waals surface area contributed by atoms with E-state index in [-0.39, 0.29) is 12.1 Å². The van der Waals surface area contributed by atoms with E-state index in [1.165, 1.54) is 5.56 Å². The van der Waals surface area contributed by atoms with Crippen molar-refractivity contribution in [1.29, 1.82) is 0 Å². The van der Waals surface area contributed by atoms with Gasteiger partial charge in [0.05, 0.1) is 6.61 Å². The number of carbonyl (C=O) groups is 1. The number of aryl methyl sites for hydroxylation is 1. The Kier molecular flexibility index (Phi) is 6.82. The second kappa shape index (κ2) is 10.1. The molecule has 1 saturated heterocycles. The molecule has 1 atom stereocenters. The molecule has 1 aliphatic rings. The second-order valence-corrected chi connectivity index (χ2v) is 7.78. The quantitative estimate of drug-likeness (QED) is 0.594. The highest BCUT2D eigenvalue weighted by Crippen LogP contribution is 2.30. The number of likely N-dealkylation sites (tertiary alicyclic amines) is 1. The Labute approximate surface area is 182 Å². The van der Waals surface area contributed by atoms with Crippen LogP contribution in [0.2, 0.25) is 0 Å². The minimum Gasteiger partial charge on any atom is -0.493 e. The van der Waals surface area contributed by atoms with Gasteiger partial charge in [0, 0.05) is 19.5 Å². The summed E-state index contributed by atoms with van der Waals surface area (Å²) in [5, 5.41) is 7.09. The van der Waals surface area contributed by atoms with Crippen LogP contribution < -0.4 is 10.1 Å². The maximum absolute atomic E-state index is 12.7. The molecule has 4 rings (SSSR count). The predicted molar refractivity (Wildman–Crippen MR) is 117 cm³/mol. The van der Waals surface area contributed by atoms with Gasteiger partial charge in [-0.3, -0.25) is 0 Å². The molecule has 0 radical (unpaired) electrons. The zero-order chi connectivity index (χ0) is 21.5. The van der Waals surface area contributed by atoms with Gasteiger partial charge in [0.15, 0.2) is 5.82 Å². The smallest absolute Gasteiger partial charge is 0.318 e. The molecule has 7 nitrogen and oxygen atoms in total. The summed E-state index contributed by atoms with van der Waals surface area (Å²) in [4.78, 5) is 19.0. The van der Waals surface area contributed by atoms with Crippen LogP contribution in [0.4, 0.5) is 4.79 Å². The summed E-state index contributed by atoms with van der Waals surface area (Å²) >= 11 is 0.